The lowest BCUT2D eigenvalue weighted by molar-refractivity contribution is -0.140. The molecular weight excluding hydrogens is 482 g/mol. The van der Waals surface area contributed by atoms with E-state index in [4.69, 9.17) is 0 Å². The number of carbonyl (C=O) groups excluding carboxylic acids is 1. The third-order valence-electron chi connectivity index (χ3n) is 6.32. The lowest BCUT2D eigenvalue weighted by atomic mass is 9.74. The molecule has 0 aliphatic rings. The van der Waals surface area contributed by atoms with Gasteiger partial charge in [0.25, 0.3) is 5.91 Å². The van der Waals surface area contributed by atoms with E-state index in [0.717, 1.165) is 17.2 Å². The molecule has 0 fully saturated rings. The van der Waals surface area contributed by atoms with Crippen molar-refractivity contribution in [3.8, 4) is 0 Å². The summed E-state index contributed by atoms with van der Waals surface area (Å²) in [6.45, 7) is 3.72. The molecule has 0 saturated carbocycles. The van der Waals surface area contributed by atoms with E-state index in [-0.39, 0.29) is 0 Å². The Balaban J connectivity index is 1.96. The summed E-state index contributed by atoms with van der Waals surface area (Å²) in [6.07, 6.45) is -6.31. The Morgan fingerprint density at radius 1 is 0.784 bits per heavy atom. The zero-order chi connectivity index (χ0) is 26.8. The maximum absolute atomic E-state index is 13.9. The second-order valence-corrected chi connectivity index (χ2v) is 9.01. The molecule has 7 heteroatoms. The van der Waals surface area contributed by atoms with Gasteiger partial charge in [-0.05, 0) is 48.7 Å². The largest absolute Gasteiger partial charge is 0.419 e. The Kier molecular flexibility index (Phi) is 7.18. The minimum Gasteiger partial charge on any atom is -0.385 e. The topological polar surface area (TPSA) is 49.3 Å². The van der Waals surface area contributed by atoms with Gasteiger partial charge in [0.2, 0.25) is 0 Å². The van der Waals surface area contributed by atoms with Crippen molar-refractivity contribution < 1.29 is 27.5 Å². The summed E-state index contributed by atoms with van der Waals surface area (Å²) in [5, 5.41) is 14.7. The fourth-order valence-electron chi connectivity index (χ4n) is 4.50. The Hall–Kier alpha value is -3.97. The van der Waals surface area contributed by atoms with Crippen LogP contribution < -0.4 is 5.32 Å². The van der Waals surface area contributed by atoms with Crippen molar-refractivity contribution in [3.63, 3.8) is 0 Å². The zero-order valence-electron chi connectivity index (χ0n) is 20.2. The number of carbonyl (C=O) groups is 1. The lowest BCUT2D eigenvalue weighted by Gasteiger charge is -2.40. The third-order valence-corrected chi connectivity index (χ3v) is 6.32. The van der Waals surface area contributed by atoms with Crippen molar-refractivity contribution in [3.05, 3.63) is 142 Å². The van der Waals surface area contributed by atoms with E-state index in [9.17, 15) is 27.5 Å². The van der Waals surface area contributed by atoms with Crippen LogP contribution in [-0.4, -0.2) is 11.0 Å². The molecule has 0 aliphatic heterocycles. The van der Waals surface area contributed by atoms with E-state index in [2.05, 4.69) is 5.32 Å². The average Bonchev–Trinajstić information content (AvgIpc) is 2.87. The molecular formula is C30H25F4NO2. The summed E-state index contributed by atoms with van der Waals surface area (Å²) in [7, 11) is 0. The van der Waals surface area contributed by atoms with E-state index in [1.54, 1.807) is 66.7 Å². The summed E-state index contributed by atoms with van der Waals surface area (Å²) in [5.74, 6) is -2.37. The summed E-state index contributed by atoms with van der Waals surface area (Å²) in [4.78, 5) is 13.6. The number of alkyl halides is 3. The summed E-state index contributed by atoms with van der Waals surface area (Å²) in [6, 6.07) is 25.1. The van der Waals surface area contributed by atoms with Crippen molar-refractivity contribution in [1.29, 1.82) is 0 Å². The summed E-state index contributed by atoms with van der Waals surface area (Å²) < 4.78 is 54.1. The predicted molar refractivity (Wildman–Crippen MR) is 133 cm³/mol. The number of hydrogen-bond acceptors (Lipinski definition) is 2. The predicted octanol–water partition coefficient (Wildman–Crippen LogP) is 6.87. The number of hydrogen-bond donors (Lipinski definition) is 2. The Morgan fingerprint density at radius 3 is 1.86 bits per heavy atom. The Morgan fingerprint density at radius 2 is 1.35 bits per heavy atom. The lowest BCUT2D eigenvalue weighted by Crippen LogP contribution is -2.51. The number of amides is 1. The number of aryl methyl sites for hydroxylation is 2. The molecule has 0 unspecified atom stereocenters. The van der Waals surface area contributed by atoms with Crippen LogP contribution in [0.1, 0.15) is 49.8 Å². The molecule has 190 valence electrons. The first-order valence-corrected chi connectivity index (χ1v) is 11.6. The average molecular weight is 508 g/mol. The molecule has 0 bridgehead atoms. The van der Waals surface area contributed by atoms with Crippen LogP contribution in [0.3, 0.4) is 0 Å². The van der Waals surface area contributed by atoms with Gasteiger partial charge >= 0.3 is 6.18 Å². The summed E-state index contributed by atoms with van der Waals surface area (Å²) >= 11 is 0. The highest BCUT2D eigenvalue weighted by molar-refractivity contribution is 5.95. The van der Waals surface area contributed by atoms with Gasteiger partial charge in [-0.2, -0.15) is 13.2 Å². The number of halogens is 4. The minimum absolute atomic E-state index is 0.390. The van der Waals surface area contributed by atoms with Gasteiger partial charge in [-0.25, -0.2) is 4.39 Å². The van der Waals surface area contributed by atoms with Gasteiger partial charge < -0.3 is 10.4 Å². The molecule has 37 heavy (non-hydrogen) atoms. The van der Waals surface area contributed by atoms with Crippen LogP contribution in [0.15, 0.2) is 97.1 Å². The zero-order valence-corrected chi connectivity index (χ0v) is 20.2. The van der Waals surface area contributed by atoms with Crippen molar-refractivity contribution in [2.45, 2.75) is 31.7 Å². The molecule has 2 N–H and O–H groups in total. The number of benzene rings is 4. The van der Waals surface area contributed by atoms with Gasteiger partial charge in [-0.15, -0.1) is 0 Å². The third kappa shape index (κ3) is 5.27. The number of aliphatic hydroxyl groups excluding tert-OH is 1. The number of aliphatic hydroxyl groups is 1. The van der Waals surface area contributed by atoms with Gasteiger partial charge in [0, 0.05) is 5.56 Å². The van der Waals surface area contributed by atoms with Crippen LogP contribution in [0, 0.1) is 19.7 Å². The molecule has 4 aromatic carbocycles. The number of rotatable bonds is 6. The molecule has 0 heterocycles. The standard InChI is InChI=1S/C30H25F4NO2/c1-19-8-6-12-23(16-19)29(24-13-7-9-20(2)17-24,27(36)21-10-4-3-5-11-21)35-28(37)22-14-15-26(31)25(18-22)30(32,33)34/h3-18,27,36H,1-2H3,(H,35,37)/t27-/m0/s1. The van der Waals surface area contributed by atoms with Gasteiger partial charge in [0.1, 0.15) is 17.5 Å². The highest BCUT2D eigenvalue weighted by Gasteiger charge is 2.44. The van der Waals surface area contributed by atoms with Gasteiger partial charge in [0.15, 0.2) is 0 Å². The fourth-order valence-corrected chi connectivity index (χ4v) is 4.50. The van der Waals surface area contributed by atoms with E-state index in [1.807, 2.05) is 26.0 Å². The molecule has 0 aliphatic carbocycles. The van der Waals surface area contributed by atoms with Gasteiger partial charge in [-0.1, -0.05) is 90.0 Å². The quantitative estimate of drug-likeness (QED) is 0.280. The maximum Gasteiger partial charge on any atom is 0.419 e. The van der Waals surface area contributed by atoms with Crippen LogP contribution in [0.4, 0.5) is 17.6 Å². The van der Waals surface area contributed by atoms with Crippen molar-refractivity contribution in [2.75, 3.05) is 0 Å². The molecule has 1 atom stereocenters. The number of nitrogens with one attached hydrogen (secondary N) is 1. The van der Waals surface area contributed by atoms with E-state index >= 15 is 0 Å². The van der Waals surface area contributed by atoms with Crippen LogP contribution in [0.5, 0.6) is 0 Å². The van der Waals surface area contributed by atoms with E-state index in [0.29, 0.717) is 28.8 Å². The second-order valence-electron chi connectivity index (χ2n) is 9.01. The van der Waals surface area contributed by atoms with Crippen molar-refractivity contribution in [2.24, 2.45) is 0 Å². The molecule has 0 saturated heterocycles. The Labute approximate surface area is 212 Å². The molecule has 4 aromatic rings. The van der Waals surface area contributed by atoms with Crippen molar-refractivity contribution >= 4 is 5.91 Å². The molecule has 0 spiro atoms. The summed E-state index contributed by atoms with van der Waals surface area (Å²) in [5.41, 5.74) is -0.277. The van der Waals surface area contributed by atoms with Gasteiger partial charge in [-0.3, -0.25) is 4.79 Å². The SMILES string of the molecule is Cc1cccc(C(NC(=O)c2ccc(F)c(C(F)(F)F)c2)(c2cccc(C)c2)[C@@H](O)c2ccccc2)c1. The smallest absolute Gasteiger partial charge is 0.385 e. The highest BCUT2D eigenvalue weighted by Crippen LogP contribution is 2.42. The fraction of sp³-hybridized carbons (Fsp3) is 0.167. The van der Waals surface area contributed by atoms with Gasteiger partial charge in [0.05, 0.1) is 5.56 Å². The van der Waals surface area contributed by atoms with Crippen LogP contribution in [-0.2, 0) is 11.7 Å². The molecule has 3 nitrogen and oxygen atoms in total. The van der Waals surface area contributed by atoms with Crippen LogP contribution >= 0.6 is 0 Å². The first-order chi connectivity index (χ1) is 17.5. The minimum atomic E-state index is -4.98. The first kappa shape index (κ1) is 26.1. The highest BCUT2D eigenvalue weighted by atomic mass is 19.4. The molecule has 1 amide bonds. The van der Waals surface area contributed by atoms with Crippen LogP contribution in [0.2, 0.25) is 0 Å². The maximum atomic E-state index is 13.9. The first-order valence-electron chi connectivity index (χ1n) is 11.6. The van der Waals surface area contributed by atoms with Crippen LogP contribution in [0.25, 0.3) is 0 Å². The second kappa shape index (κ2) is 10.2. The van der Waals surface area contributed by atoms with Crippen molar-refractivity contribution in [1.82, 2.24) is 5.32 Å². The molecule has 0 radical (unpaired) electrons. The normalized spacial score (nSPS) is 12.7. The molecule has 0 aromatic heterocycles. The molecule has 4 rings (SSSR count). The van der Waals surface area contributed by atoms with E-state index in [1.165, 1.54) is 0 Å². The Bertz CT molecular complexity index is 1370. The monoisotopic (exact) mass is 507 g/mol. The van der Waals surface area contributed by atoms with E-state index < -0.39 is 40.7 Å².